The number of nitrogens with one attached hydrogen (secondary N) is 1. The van der Waals surface area contributed by atoms with Crippen LogP contribution in [0.25, 0.3) is 10.9 Å². The number of aromatic nitrogens is 1. The van der Waals surface area contributed by atoms with Crippen LogP contribution in [0, 0.1) is 20.7 Å². The van der Waals surface area contributed by atoms with Crippen molar-refractivity contribution < 1.29 is 13.9 Å². The van der Waals surface area contributed by atoms with Gasteiger partial charge in [0.2, 0.25) is 0 Å². The first-order chi connectivity index (χ1) is 13.5. The van der Waals surface area contributed by atoms with E-state index in [1.165, 1.54) is 13.2 Å². The number of halogens is 2. The van der Waals surface area contributed by atoms with Gasteiger partial charge in [0.05, 0.1) is 18.7 Å². The van der Waals surface area contributed by atoms with Crippen LogP contribution in [0.15, 0.2) is 36.4 Å². The molecule has 0 bridgehead atoms. The summed E-state index contributed by atoms with van der Waals surface area (Å²) in [7, 11) is 1.34. The fourth-order valence-electron chi connectivity index (χ4n) is 3.54. The number of nitrogens with zero attached hydrogens (tertiary/aromatic N) is 2. The molecular formula is C21H17FIN3O2. The predicted molar refractivity (Wildman–Crippen MR) is 113 cm³/mol. The Morgan fingerprint density at radius 1 is 1.32 bits per heavy atom. The molecule has 4 rings (SSSR count). The van der Waals surface area contributed by atoms with E-state index in [2.05, 4.69) is 11.1 Å². The molecular weight excluding hydrogens is 472 g/mol. The summed E-state index contributed by atoms with van der Waals surface area (Å²) in [5.41, 5.74) is 2.24. The second-order valence-electron chi connectivity index (χ2n) is 6.77. The number of carbonyl (C=O) groups excluding carboxylic acids is 1. The van der Waals surface area contributed by atoms with Crippen molar-refractivity contribution in [1.29, 1.82) is 5.26 Å². The van der Waals surface area contributed by atoms with E-state index in [9.17, 15) is 14.4 Å². The number of aromatic amines is 1. The molecule has 1 aliphatic rings. The number of benzene rings is 2. The lowest BCUT2D eigenvalue weighted by Crippen LogP contribution is -2.37. The van der Waals surface area contributed by atoms with Crippen LogP contribution >= 0.6 is 22.6 Å². The molecule has 1 N–H and O–H groups in total. The van der Waals surface area contributed by atoms with Crippen LogP contribution in [0.4, 0.5) is 15.9 Å². The Hall–Kier alpha value is -2.60. The second-order valence-corrected chi connectivity index (χ2v) is 7.93. The minimum Gasteiger partial charge on any atom is -0.465 e. The molecule has 0 unspecified atom stereocenters. The van der Waals surface area contributed by atoms with Crippen molar-refractivity contribution in [2.24, 2.45) is 0 Å². The molecule has 1 aliphatic carbocycles. The normalized spacial score (nSPS) is 13.8. The summed E-state index contributed by atoms with van der Waals surface area (Å²) in [5.74, 6) is -0.201. The molecule has 7 heteroatoms. The van der Waals surface area contributed by atoms with Gasteiger partial charge in [-0.05, 0) is 72.2 Å². The quantitative estimate of drug-likeness (QED) is 0.401. The molecule has 0 spiro atoms. The van der Waals surface area contributed by atoms with Gasteiger partial charge in [-0.25, -0.2) is 9.18 Å². The van der Waals surface area contributed by atoms with Crippen molar-refractivity contribution in [3.63, 3.8) is 0 Å². The number of H-pyrrole nitrogens is 1. The zero-order valence-corrected chi connectivity index (χ0v) is 17.3. The Morgan fingerprint density at radius 2 is 2.11 bits per heavy atom. The average Bonchev–Trinajstić information content (AvgIpc) is 3.04. The maximum atomic E-state index is 14.3. The fourth-order valence-corrected chi connectivity index (χ4v) is 3.88. The molecule has 2 aromatic carbocycles. The lowest BCUT2D eigenvalue weighted by atomic mass is 9.90. The van der Waals surface area contributed by atoms with E-state index in [1.54, 1.807) is 24.3 Å². The van der Waals surface area contributed by atoms with Gasteiger partial charge in [-0.15, -0.1) is 0 Å². The maximum Gasteiger partial charge on any atom is 0.342 e. The van der Waals surface area contributed by atoms with Gasteiger partial charge >= 0.3 is 5.97 Å². The minimum atomic E-state index is -0.471. The highest BCUT2D eigenvalue weighted by molar-refractivity contribution is 14.1. The molecule has 1 fully saturated rings. The Bertz CT molecular complexity index is 1110. The Kier molecular flexibility index (Phi) is 4.98. The summed E-state index contributed by atoms with van der Waals surface area (Å²) >= 11 is 1.96. The number of esters is 1. The Morgan fingerprint density at radius 3 is 2.71 bits per heavy atom. The third kappa shape index (κ3) is 3.11. The van der Waals surface area contributed by atoms with E-state index >= 15 is 0 Å². The molecule has 1 saturated carbocycles. The highest BCUT2D eigenvalue weighted by Gasteiger charge is 2.32. The molecule has 0 radical (unpaired) electrons. The van der Waals surface area contributed by atoms with Crippen molar-refractivity contribution in [3.05, 3.63) is 56.9 Å². The summed E-state index contributed by atoms with van der Waals surface area (Å²) in [5, 5.41) is 9.88. The monoisotopic (exact) mass is 489 g/mol. The van der Waals surface area contributed by atoms with Gasteiger partial charge in [0.15, 0.2) is 0 Å². The smallest absolute Gasteiger partial charge is 0.342 e. The molecule has 1 heterocycles. The fraction of sp³-hybridized carbons (Fsp3) is 0.238. The van der Waals surface area contributed by atoms with E-state index in [1.807, 2.05) is 33.6 Å². The first-order valence-corrected chi connectivity index (χ1v) is 9.99. The zero-order chi connectivity index (χ0) is 19.8. The molecule has 0 amide bonds. The van der Waals surface area contributed by atoms with Crippen LogP contribution in [0.2, 0.25) is 0 Å². The molecule has 5 nitrogen and oxygen atoms in total. The third-order valence-electron chi connectivity index (χ3n) is 5.16. The number of fused-ring (bicyclic) bond motifs is 1. The maximum absolute atomic E-state index is 14.3. The summed E-state index contributed by atoms with van der Waals surface area (Å²) < 4.78 is 19.9. The van der Waals surface area contributed by atoms with Crippen LogP contribution < -0.4 is 4.90 Å². The van der Waals surface area contributed by atoms with Gasteiger partial charge in [-0.3, -0.25) is 0 Å². The first kappa shape index (κ1) is 18.7. The van der Waals surface area contributed by atoms with Gasteiger partial charge in [-0.2, -0.15) is 5.26 Å². The number of rotatable bonds is 4. The minimum absolute atomic E-state index is 0.159. The molecule has 28 heavy (non-hydrogen) atoms. The molecule has 3 aromatic rings. The summed E-state index contributed by atoms with van der Waals surface area (Å²) in [6, 6.07) is 12.5. The zero-order valence-electron chi connectivity index (χ0n) is 15.1. The lowest BCUT2D eigenvalue weighted by molar-refractivity contribution is 0.0603. The molecule has 0 saturated heterocycles. The highest BCUT2D eigenvalue weighted by atomic mass is 127. The van der Waals surface area contributed by atoms with Crippen molar-refractivity contribution >= 4 is 51.0 Å². The number of nitriles is 1. The second kappa shape index (κ2) is 7.43. The van der Waals surface area contributed by atoms with E-state index in [0.29, 0.717) is 37.1 Å². The Labute approximate surface area is 175 Å². The van der Waals surface area contributed by atoms with Crippen LogP contribution in [-0.2, 0) is 4.74 Å². The largest absolute Gasteiger partial charge is 0.465 e. The summed E-state index contributed by atoms with van der Waals surface area (Å²) in [4.78, 5) is 17.9. The van der Waals surface area contributed by atoms with Crippen LogP contribution in [0.5, 0.6) is 0 Å². The topological polar surface area (TPSA) is 69.1 Å². The van der Waals surface area contributed by atoms with E-state index in [4.69, 9.17) is 4.74 Å². The molecule has 142 valence electrons. The van der Waals surface area contributed by atoms with Crippen molar-refractivity contribution in [1.82, 2.24) is 4.98 Å². The molecule has 1 aromatic heterocycles. The van der Waals surface area contributed by atoms with Crippen molar-refractivity contribution in [2.75, 3.05) is 12.0 Å². The molecule has 0 aliphatic heterocycles. The number of hydrogen-bond donors (Lipinski definition) is 1. The number of methoxy groups -OCH3 is 1. The first-order valence-electron chi connectivity index (χ1n) is 8.92. The van der Waals surface area contributed by atoms with Gasteiger partial charge < -0.3 is 14.6 Å². The Balaban J connectivity index is 1.95. The number of hydrogen-bond acceptors (Lipinski definition) is 4. The van der Waals surface area contributed by atoms with Gasteiger partial charge in [0.1, 0.15) is 17.2 Å². The standard InChI is InChI=1S/C21H17FIN3O2/c1-28-21(27)19-15-7-5-12(11-24)9-18(15)25-20(19)26(13-3-2-4-13)14-6-8-17(23)16(22)10-14/h5-10,13,25H,2-4H2,1H3. The number of anilines is 2. The predicted octanol–water partition coefficient (Wildman–Crippen LogP) is 5.26. The van der Waals surface area contributed by atoms with Crippen LogP contribution in [0.1, 0.15) is 35.2 Å². The van der Waals surface area contributed by atoms with Crippen molar-refractivity contribution in [2.45, 2.75) is 25.3 Å². The average molecular weight is 489 g/mol. The van der Waals surface area contributed by atoms with Gasteiger partial charge in [0.25, 0.3) is 0 Å². The van der Waals surface area contributed by atoms with E-state index in [-0.39, 0.29) is 11.9 Å². The van der Waals surface area contributed by atoms with E-state index in [0.717, 1.165) is 19.3 Å². The van der Waals surface area contributed by atoms with Gasteiger partial charge in [0, 0.05) is 26.2 Å². The molecule has 0 atom stereocenters. The van der Waals surface area contributed by atoms with Crippen LogP contribution in [-0.4, -0.2) is 24.1 Å². The third-order valence-corrected chi connectivity index (χ3v) is 6.03. The lowest BCUT2D eigenvalue weighted by Gasteiger charge is -2.38. The summed E-state index contributed by atoms with van der Waals surface area (Å²) in [6.45, 7) is 0. The number of carbonyl (C=O) groups is 1. The highest BCUT2D eigenvalue weighted by Crippen LogP contribution is 2.40. The van der Waals surface area contributed by atoms with E-state index < -0.39 is 5.97 Å². The van der Waals surface area contributed by atoms with Gasteiger partial charge in [-0.1, -0.05) is 6.07 Å². The van der Waals surface area contributed by atoms with Crippen molar-refractivity contribution in [3.8, 4) is 6.07 Å². The number of ether oxygens (including phenoxy) is 1. The SMILES string of the molecule is COC(=O)c1c(N(c2ccc(I)c(F)c2)C2CCC2)[nH]c2cc(C#N)ccc12. The van der Waals surface area contributed by atoms with Crippen LogP contribution in [0.3, 0.4) is 0 Å². The summed E-state index contributed by atoms with van der Waals surface area (Å²) in [6.07, 6.45) is 2.99.